The van der Waals surface area contributed by atoms with Gasteiger partial charge in [-0.2, -0.15) is 5.10 Å². The van der Waals surface area contributed by atoms with Crippen molar-refractivity contribution in [3.8, 4) is 22.6 Å². The van der Waals surface area contributed by atoms with E-state index in [1.807, 2.05) is 25.1 Å². The summed E-state index contributed by atoms with van der Waals surface area (Å²) < 4.78 is 3.24. The molecule has 1 amide bonds. The number of nitrogens with two attached hydrogens (primary N) is 2. The maximum Gasteiger partial charge on any atom is 0.254 e. The van der Waals surface area contributed by atoms with Gasteiger partial charge in [-0.1, -0.05) is 42.6 Å². The van der Waals surface area contributed by atoms with E-state index in [0.717, 1.165) is 0 Å². The molecule has 212 valence electrons. The number of fused-ring (bicyclic) bond motifs is 4. The summed E-state index contributed by atoms with van der Waals surface area (Å²) in [6.07, 6.45) is 6.36. The van der Waals surface area contributed by atoms with Gasteiger partial charge in [-0.05, 0) is 43.2 Å². The van der Waals surface area contributed by atoms with Crippen LogP contribution in [0.1, 0.15) is 37.9 Å². The number of benzene rings is 1. The SMILES string of the molecule is CC1CCCC(n2cnc(-c3cc(Cl)ccc3N(N)/C=C(\N)Cl)cc2=O)c2cccc(n2)-c2c(cnn2C)NC1=O. The summed E-state index contributed by atoms with van der Waals surface area (Å²) in [4.78, 5) is 36.1. The quantitative estimate of drug-likeness (QED) is 0.179. The summed E-state index contributed by atoms with van der Waals surface area (Å²) in [6.45, 7) is 1.89. The predicted octanol–water partition coefficient (Wildman–Crippen LogP) is 4.38. The number of aromatic nitrogens is 5. The predicted molar refractivity (Wildman–Crippen MR) is 160 cm³/mol. The van der Waals surface area contributed by atoms with Gasteiger partial charge in [0.05, 0.1) is 53.2 Å². The lowest BCUT2D eigenvalue weighted by Crippen LogP contribution is -2.28. The molecule has 2 atom stereocenters. The fourth-order valence-corrected chi connectivity index (χ4v) is 5.25. The van der Waals surface area contributed by atoms with Crippen LogP contribution in [0.5, 0.6) is 0 Å². The lowest BCUT2D eigenvalue weighted by atomic mass is 9.98. The average Bonchev–Trinajstić information content (AvgIpc) is 3.29. The van der Waals surface area contributed by atoms with Gasteiger partial charge in [0.1, 0.15) is 10.9 Å². The van der Waals surface area contributed by atoms with Gasteiger partial charge in [-0.3, -0.25) is 23.8 Å². The topological polar surface area (TPSA) is 150 Å². The zero-order chi connectivity index (χ0) is 29.3. The molecule has 0 saturated carbocycles. The molecule has 2 unspecified atom stereocenters. The van der Waals surface area contributed by atoms with E-state index in [9.17, 15) is 9.59 Å². The monoisotopic (exact) mass is 593 g/mol. The van der Waals surface area contributed by atoms with Gasteiger partial charge in [0.2, 0.25) is 5.91 Å². The molecular weight excluding hydrogens is 565 g/mol. The minimum absolute atomic E-state index is 0.0148. The third-order valence-electron chi connectivity index (χ3n) is 7.06. The second-order valence-corrected chi connectivity index (χ2v) is 10.8. The number of nitrogens with one attached hydrogen (secondary N) is 1. The van der Waals surface area contributed by atoms with E-state index >= 15 is 0 Å². The second-order valence-electron chi connectivity index (χ2n) is 9.92. The molecule has 13 heteroatoms. The molecule has 2 bridgehead atoms. The number of amides is 1. The summed E-state index contributed by atoms with van der Waals surface area (Å²) in [5.41, 5.74) is 9.31. The van der Waals surface area contributed by atoms with Crippen molar-refractivity contribution in [2.75, 3.05) is 10.3 Å². The molecule has 0 fully saturated rings. The number of anilines is 2. The van der Waals surface area contributed by atoms with Crippen LogP contribution in [0, 0.1) is 5.92 Å². The van der Waals surface area contributed by atoms with Crippen LogP contribution in [0.4, 0.5) is 11.4 Å². The van der Waals surface area contributed by atoms with Crippen LogP contribution in [0.2, 0.25) is 5.02 Å². The van der Waals surface area contributed by atoms with E-state index in [1.54, 1.807) is 40.7 Å². The van der Waals surface area contributed by atoms with Crippen molar-refractivity contribution in [2.24, 2.45) is 24.5 Å². The van der Waals surface area contributed by atoms with Gasteiger partial charge < -0.3 is 11.1 Å². The van der Waals surface area contributed by atoms with Crippen LogP contribution in [0.15, 0.2) is 71.1 Å². The van der Waals surface area contributed by atoms with Crippen molar-refractivity contribution in [3.63, 3.8) is 0 Å². The summed E-state index contributed by atoms with van der Waals surface area (Å²) in [5, 5.41) is 8.99. The van der Waals surface area contributed by atoms with Crippen LogP contribution >= 0.6 is 23.2 Å². The summed E-state index contributed by atoms with van der Waals surface area (Å²) >= 11 is 12.1. The lowest BCUT2D eigenvalue weighted by Gasteiger charge is -2.22. The first-order valence-corrected chi connectivity index (χ1v) is 13.7. The molecule has 0 saturated heterocycles. The van der Waals surface area contributed by atoms with Crippen LogP contribution in [0.25, 0.3) is 22.6 Å². The second kappa shape index (κ2) is 11.7. The number of nitrogens with zero attached hydrogens (tertiary/aromatic N) is 6. The third-order valence-corrected chi connectivity index (χ3v) is 7.39. The molecule has 5 N–H and O–H groups in total. The number of rotatable bonds is 4. The Bertz CT molecular complexity index is 1690. The molecule has 1 aromatic carbocycles. The Morgan fingerprint density at radius 3 is 2.73 bits per heavy atom. The Morgan fingerprint density at radius 2 is 1.98 bits per heavy atom. The van der Waals surface area contributed by atoms with Gasteiger partial charge in [-0.25, -0.2) is 15.8 Å². The van der Waals surface area contributed by atoms with Crippen LogP contribution in [0.3, 0.4) is 0 Å². The van der Waals surface area contributed by atoms with E-state index in [2.05, 4.69) is 15.4 Å². The fraction of sp³-hybridized carbons (Fsp3) is 0.250. The summed E-state index contributed by atoms with van der Waals surface area (Å²) in [5.74, 6) is 5.82. The highest BCUT2D eigenvalue weighted by Gasteiger charge is 2.24. The van der Waals surface area contributed by atoms with Crippen LogP contribution in [-0.2, 0) is 11.8 Å². The summed E-state index contributed by atoms with van der Waals surface area (Å²) in [6, 6.07) is 11.7. The molecule has 1 aliphatic heterocycles. The molecule has 11 nitrogen and oxygen atoms in total. The zero-order valence-corrected chi connectivity index (χ0v) is 24.0. The molecule has 5 rings (SSSR count). The van der Waals surface area contributed by atoms with E-state index in [-0.39, 0.29) is 22.5 Å². The van der Waals surface area contributed by atoms with Gasteiger partial charge in [0, 0.05) is 29.6 Å². The Hall–Kier alpha value is -4.19. The van der Waals surface area contributed by atoms with E-state index < -0.39 is 6.04 Å². The lowest BCUT2D eigenvalue weighted by molar-refractivity contribution is -0.119. The number of aryl methyl sites for hydroxylation is 1. The fourth-order valence-electron chi connectivity index (χ4n) is 4.97. The number of hydrogen-bond donors (Lipinski definition) is 3. The number of carbonyl (C=O) groups excluding carboxylic acids is 1. The zero-order valence-electron chi connectivity index (χ0n) is 22.5. The molecular formula is C28H29Cl2N9O2. The van der Waals surface area contributed by atoms with Crippen molar-refractivity contribution >= 4 is 40.5 Å². The minimum Gasteiger partial charge on any atom is -0.388 e. The Kier molecular flexibility index (Phi) is 8.11. The Labute approximate surface area is 246 Å². The maximum atomic E-state index is 13.6. The van der Waals surface area contributed by atoms with Crippen LogP contribution < -0.4 is 27.5 Å². The first-order valence-electron chi connectivity index (χ1n) is 13.0. The third kappa shape index (κ3) is 5.97. The number of pyridine rings is 1. The minimum atomic E-state index is -0.417. The highest BCUT2D eigenvalue weighted by molar-refractivity contribution is 6.31. The van der Waals surface area contributed by atoms with Crippen molar-refractivity contribution in [2.45, 2.75) is 32.2 Å². The van der Waals surface area contributed by atoms with Crippen LogP contribution in [-0.4, -0.2) is 30.2 Å². The maximum absolute atomic E-state index is 13.6. The number of hydrogen-bond acceptors (Lipinski definition) is 8. The molecule has 1 aliphatic rings. The van der Waals surface area contributed by atoms with Crippen molar-refractivity contribution in [3.05, 3.63) is 87.4 Å². The standard InChI is InChI=1S/C28H29Cl2N9O2/c1-16-5-3-8-24(19-6-4-7-20(35-19)27-22(36-28(16)41)13-34-37(27)2)38-15-33-21(12-26(38)40)18-11-17(29)9-10-23(18)39(32)14-25(30)31/h4,6-7,9-16,24H,3,5,8,31-32H2,1-2H3,(H,36,41)/b25-14-. The highest BCUT2D eigenvalue weighted by Crippen LogP contribution is 2.33. The molecule has 3 aromatic heterocycles. The van der Waals surface area contributed by atoms with Crippen molar-refractivity contribution in [1.29, 1.82) is 0 Å². The Morgan fingerprint density at radius 1 is 1.17 bits per heavy atom. The molecule has 0 aliphatic carbocycles. The number of halogens is 2. The average molecular weight is 595 g/mol. The molecule has 4 heterocycles. The molecule has 4 aromatic rings. The van der Waals surface area contributed by atoms with Gasteiger partial charge in [-0.15, -0.1) is 0 Å². The van der Waals surface area contributed by atoms with Gasteiger partial charge in [0.25, 0.3) is 5.56 Å². The van der Waals surface area contributed by atoms with Gasteiger partial charge >= 0.3 is 0 Å². The van der Waals surface area contributed by atoms with E-state index in [4.69, 9.17) is 39.8 Å². The number of carbonyl (C=O) groups is 1. The normalized spacial score (nSPS) is 17.7. The molecule has 0 radical (unpaired) electrons. The largest absolute Gasteiger partial charge is 0.388 e. The first kappa shape index (κ1) is 28.3. The van der Waals surface area contributed by atoms with E-state index in [1.165, 1.54) is 23.6 Å². The molecule has 41 heavy (non-hydrogen) atoms. The van der Waals surface area contributed by atoms with E-state index in [0.29, 0.717) is 64.0 Å². The molecule has 0 spiro atoms. The van der Waals surface area contributed by atoms with Gasteiger partial charge in [0.15, 0.2) is 0 Å². The number of hydrazine groups is 1. The highest BCUT2D eigenvalue weighted by atomic mass is 35.5. The first-order chi connectivity index (χ1) is 19.6. The van der Waals surface area contributed by atoms with Crippen molar-refractivity contribution < 1.29 is 4.79 Å². The summed E-state index contributed by atoms with van der Waals surface area (Å²) in [7, 11) is 1.79. The smallest absolute Gasteiger partial charge is 0.254 e. The van der Waals surface area contributed by atoms with Crippen molar-refractivity contribution in [1.82, 2.24) is 24.3 Å². The Balaban J connectivity index is 1.59.